The van der Waals surface area contributed by atoms with E-state index in [0.717, 1.165) is 12.2 Å². The van der Waals surface area contributed by atoms with Gasteiger partial charge in [-0.2, -0.15) is 0 Å². The molecule has 0 aromatic heterocycles. The Kier molecular flexibility index (Phi) is 1.65. The highest BCUT2D eigenvalue weighted by Gasteiger charge is 2.40. The van der Waals surface area contributed by atoms with Crippen molar-refractivity contribution >= 4 is 0 Å². The van der Waals surface area contributed by atoms with Crippen molar-refractivity contribution < 1.29 is 4.74 Å². The minimum absolute atomic E-state index is 0.340. The van der Waals surface area contributed by atoms with Gasteiger partial charge in [-0.05, 0) is 29.4 Å². The van der Waals surface area contributed by atoms with Crippen molar-refractivity contribution in [1.82, 2.24) is 0 Å². The highest BCUT2D eigenvalue weighted by molar-refractivity contribution is 5.31. The van der Waals surface area contributed by atoms with Crippen LogP contribution in [0.4, 0.5) is 0 Å². The second-order valence-electron chi connectivity index (χ2n) is 4.56. The molecule has 1 saturated carbocycles. The highest BCUT2D eigenvalue weighted by atomic mass is 16.5. The van der Waals surface area contributed by atoms with Crippen LogP contribution in [0.1, 0.15) is 26.7 Å². The Morgan fingerprint density at radius 2 is 2.33 bits per heavy atom. The van der Waals surface area contributed by atoms with Crippen LogP contribution in [0.3, 0.4) is 0 Å². The van der Waals surface area contributed by atoms with Crippen LogP contribution in [-0.2, 0) is 4.74 Å². The Labute approximate surface area is 74.1 Å². The average Bonchev–Trinajstić information content (AvgIpc) is 2.27. The quantitative estimate of drug-likeness (QED) is 0.535. The third kappa shape index (κ3) is 1.13. The molecule has 1 fully saturated rings. The normalized spacial score (nSPS) is 33.0. The molecule has 0 radical (unpaired) electrons. The van der Waals surface area contributed by atoms with Crippen LogP contribution in [0.5, 0.6) is 0 Å². The number of hydrogen-bond donors (Lipinski definition) is 0. The van der Waals surface area contributed by atoms with Gasteiger partial charge in [0.1, 0.15) is 0 Å². The molecule has 2 aliphatic rings. The molecule has 12 heavy (non-hydrogen) atoms. The SMILES string of the molecule is C=C1C=C2CCC(C)(C)C2OC1. The van der Waals surface area contributed by atoms with Gasteiger partial charge in [-0.25, -0.2) is 0 Å². The van der Waals surface area contributed by atoms with Gasteiger partial charge in [0.25, 0.3) is 0 Å². The number of hydrogen-bond acceptors (Lipinski definition) is 1. The predicted molar refractivity (Wildman–Crippen MR) is 50.0 cm³/mol. The molecule has 1 heteroatoms. The van der Waals surface area contributed by atoms with Crippen molar-refractivity contribution in [2.75, 3.05) is 6.61 Å². The first-order chi connectivity index (χ1) is 5.59. The zero-order valence-electron chi connectivity index (χ0n) is 7.89. The summed E-state index contributed by atoms with van der Waals surface area (Å²) >= 11 is 0. The van der Waals surface area contributed by atoms with Crippen LogP contribution in [0.15, 0.2) is 23.8 Å². The lowest BCUT2D eigenvalue weighted by molar-refractivity contribution is 0.0239. The minimum Gasteiger partial charge on any atom is -0.369 e. The van der Waals surface area contributed by atoms with E-state index in [1.165, 1.54) is 18.4 Å². The molecule has 0 spiro atoms. The van der Waals surface area contributed by atoms with Crippen LogP contribution >= 0.6 is 0 Å². The smallest absolute Gasteiger partial charge is 0.0843 e. The van der Waals surface area contributed by atoms with E-state index in [1.54, 1.807) is 0 Å². The molecule has 0 aromatic rings. The summed E-state index contributed by atoms with van der Waals surface area (Å²) in [5.41, 5.74) is 2.92. The Hall–Kier alpha value is -0.560. The van der Waals surface area contributed by atoms with Gasteiger partial charge in [-0.1, -0.05) is 26.5 Å². The lowest BCUT2D eigenvalue weighted by atomic mass is 9.87. The van der Waals surface area contributed by atoms with Crippen molar-refractivity contribution in [2.45, 2.75) is 32.8 Å². The minimum atomic E-state index is 0.340. The second-order valence-corrected chi connectivity index (χ2v) is 4.56. The molecule has 1 aliphatic carbocycles. The maximum absolute atomic E-state index is 5.76. The standard InChI is InChI=1S/C11H16O/c1-8-6-9-4-5-11(2,3)10(9)12-7-8/h6,10H,1,4-5,7H2,2-3H3. The first-order valence-electron chi connectivity index (χ1n) is 4.59. The Bertz CT molecular complexity index is 248. The highest BCUT2D eigenvalue weighted by Crippen LogP contribution is 2.44. The molecule has 1 nitrogen and oxygen atoms in total. The molecule has 1 heterocycles. The monoisotopic (exact) mass is 164 g/mol. The summed E-state index contributed by atoms with van der Waals surface area (Å²) in [5, 5.41) is 0. The van der Waals surface area contributed by atoms with Crippen LogP contribution in [-0.4, -0.2) is 12.7 Å². The lowest BCUT2D eigenvalue weighted by Gasteiger charge is -2.30. The van der Waals surface area contributed by atoms with Crippen LogP contribution in [0.2, 0.25) is 0 Å². The van der Waals surface area contributed by atoms with Crippen molar-refractivity contribution in [3.05, 3.63) is 23.8 Å². The van der Waals surface area contributed by atoms with E-state index >= 15 is 0 Å². The van der Waals surface area contributed by atoms with Crippen molar-refractivity contribution in [3.63, 3.8) is 0 Å². The third-order valence-electron chi connectivity index (χ3n) is 2.93. The zero-order chi connectivity index (χ0) is 8.77. The van der Waals surface area contributed by atoms with Crippen molar-refractivity contribution in [3.8, 4) is 0 Å². The Balaban J connectivity index is 2.30. The maximum atomic E-state index is 5.76. The van der Waals surface area contributed by atoms with Crippen LogP contribution < -0.4 is 0 Å². The summed E-state index contributed by atoms with van der Waals surface area (Å²) in [6.07, 6.45) is 5.03. The number of fused-ring (bicyclic) bond motifs is 1. The zero-order valence-corrected chi connectivity index (χ0v) is 7.89. The summed E-state index contributed by atoms with van der Waals surface area (Å²) in [5.74, 6) is 0. The molecule has 0 aromatic carbocycles. The summed E-state index contributed by atoms with van der Waals surface area (Å²) in [7, 11) is 0. The molecule has 0 amide bonds. The summed E-state index contributed by atoms with van der Waals surface area (Å²) in [6.45, 7) is 9.21. The molecular formula is C11H16O. The summed E-state index contributed by atoms with van der Waals surface area (Å²) in [6, 6.07) is 0. The van der Waals surface area contributed by atoms with Gasteiger partial charge in [0.2, 0.25) is 0 Å². The summed E-state index contributed by atoms with van der Waals surface area (Å²) in [4.78, 5) is 0. The Morgan fingerprint density at radius 1 is 1.58 bits per heavy atom. The molecule has 0 N–H and O–H groups in total. The van der Waals surface area contributed by atoms with Crippen molar-refractivity contribution in [1.29, 1.82) is 0 Å². The van der Waals surface area contributed by atoms with E-state index in [-0.39, 0.29) is 0 Å². The number of rotatable bonds is 0. The predicted octanol–water partition coefficient (Wildman–Crippen LogP) is 2.69. The molecular weight excluding hydrogens is 148 g/mol. The average molecular weight is 164 g/mol. The molecule has 1 aliphatic heterocycles. The van der Waals surface area contributed by atoms with Gasteiger partial charge < -0.3 is 4.74 Å². The van der Waals surface area contributed by atoms with Crippen molar-refractivity contribution in [2.24, 2.45) is 5.41 Å². The van der Waals surface area contributed by atoms with Crippen LogP contribution in [0.25, 0.3) is 0 Å². The first-order valence-corrected chi connectivity index (χ1v) is 4.59. The van der Waals surface area contributed by atoms with E-state index in [9.17, 15) is 0 Å². The largest absolute Gasteiger partial charge is 0.369 e. The lowest BCUT2D eigenvalue weighted by Crippen LogP contribution is -2.30. The first kappa shape index (κ1) is 8.06. The molecule has 0 saturated heterocycles. The second kappa shape index (κ2) is 2.46. The van der Waals surface area contributed by atoms with Crippen LogP contribution in [0, 0.1) is 5.41 Å². The topological polar surface area (TPSA) is 9.23 Å². The fourth-order valence-electron chi connectivity index (χ4n) is 2.21. The van der Waals surface area contributed by atoms with E-state index in [4.69, 9.17) is 4.74 Å². The molecule has 1 atom stereocenters. The molecule has 66 valence electrons. The van der Waals surface area contributed by atoms with E-state index < -0.39 is 0 Å². The third-order valence-corrected chi connectivity index (χ3v) is 2.93. The van der Waals surface area contributed by atoms with E-state index in [2.05, 4.69) is 26.5 Å². The van der Waals surface area contributed by atoms with Gasteiger partial charge in [-0.3, -0.25) is 0 Å². The maximum Gasteiger partial charge on any atom is 0.0843 e. The van der Waals surface area contributed by atoms with Gasteiger partial charge in [0.15, 0.2) is 0 Å². The fraction of sp³-hybridized carbons (Fsp3) is 0.636. The number of ether oxygens (including phenoxy) is 1. The summed E-state index contributed by atoms with van der Waals surface area (Å²) < 4.78 is 5.76. The molecule has 2 rings (SSSR count). The van der Waals surface area contributed by atoms with Gasteiger partial charge in [-0.15, -0.1) is 0 Å². The molecule has 1 unspecified atom stereocenters. The van der Waals surface area contributed by atoms with Gasteiger partial charge in [0, 0.05) is 0 Å². The van der Waals surface area contributed by atoms with E-state index in [0.29, 0.717) is 11.5 Å². The van der Waals surface area contributed by atoms with E-state index in [1.807, 2.05) is 0 Å². The molecule has 0 bridgehead atoms. The fourth-order valence-corrected chi connectivity index (χ4v) is 2.21. The Morgan fingerprint density at radius 3 is 3.08 bits per heavy atom. The van der Waals surface area contributed by atoms with Gasteiger partial charge >= 0.3 is 0 Å². The van der Waals surface area contributed by atoms with Gasteiger partial charge in [0.05, 0.1) is 12.7 Å².